The number of carbonyl (C=O) groups is 1. The molecule has 0 fully saturated rings. The van der Waals surface area contributed by atoms with Crippen LogP contribution >= 0.6 is 22.6 Å². The zero-order valence-corrected chi connectivity index (χ0v) is 12.9. The fourth-order valence-electron chi connectivity index (χ4n) is 1.92. The quantitative estimate of drug-likeness (QED) is 0.832. The predicted molar refractivity (Wildman–Crippen MR) is 85.4 cm³/mol. The zero-order chi connectivity index (χ0) is 14.0. The van der Waals surface area contributed by atoms with Gasteiger partial charge in [0.1, 0.15) is 0 Å². The van der Waals surface area contributed by atoms with Crippen molar-refractivity contribution in [3.05, 3.63) is 57.2 Å². The minimum Gasteiger partial charge on any atom is -0.478 e. The average molecular weight is 367 g/mol. The molecular formula is C15H14INO2. The molecule has 0 aliphatic rings. The first-order chi connectivity index (χ1) is 8.99. The number of aryl methyl sites for hydroxylation is 1. The molecule has 0 aromatic heterocycles. The van der Waals surface area contributed by atoms with E-state index in [2.05, 4.69) is 22.6 Å². The second kappa shape index (κ2) is 5.61. The van der Waals surface area contributed by atoms with Crippen molar-refractivity contribution in [2.75, 3.05) is 11.9 Å². The standard InChI is InChI=1S/C15H14INO2/c1-10-3-8-14(13(9-10)15(18)19)17(2)12-6-4-11(16)5-7-12/h3-9H,1-2H3,(H,18,19). The van der Waals surface area contributed by atoms with Crippen LogP contribution in [-0.2, 0) is 0 Å². The normalized spacial score (nSPS) is 10.3. The van der Waals surface area contributed by atoms with Gasteiger partial charge in [-0.1, -0.05) is 11.6 Å². The summed E-state index contributed by atoms with van der Waals surface area (Å²) in [5.74, 6) is -0.906. The molecule has 3 nitrogen and oxygen atoms in total. The molecule has 0 atom stereocenters. The Kier molecular flexibility index (Phi) is 4.09. The smallest absolute Gasteiger partial charge is 0.337 e. The van der Waals surface area contributed by atoms with Crippen LogP contribution in [0.5, 0.6) is 0 Å². The zero-order valence-electron chi connectivity index (χ0n) is 10.7. The molecule has 0 radical (unpaired) electrons. The molecule has 0 bridgehead atoms. The van der Waals surface area contributed by atoms with Gasteiger partial charge in [-0.3, -0.25) is 0 Å². The van der Waals surface area contributed by atoms with Gasteiger partial charge in [0.05, 0.1) is 11.3 Å². The van der Waals surface area contributed by atoms with E-state index in [-0.39, 0.29) is 0 Å². The summed E-state index contributed by atoms with van der Waals surface area (Å²) in [5, 5.41) is 9.30. The van der Waals surface area contributed by atoms with Crippen molar-refractivity contribution in [3.8, 4) is 0 Å². The number of carboxylic acid groups (broad SMARTS) is 1. The number of halogens is 1. The first-order valence-electron chi connectivity index (χ1n) is 5.82. The van der Waals surface area contributed by atoms with Crippen LogP contribution in [0.1, 0.15) is 15.9 Å². The molecule has 0 amide bonds. The van der Waals surface area contributed by atoms with Gasteiger partial charge in [-0.05, 0) is 65.9 Å². The maximum absolute atomic E-state index is 11.3. The lowest BCUT2D eigenvalue weighted by molar-refractivity contribution is 0.0697. The van der Waals surface area contributed by atoms with Crippen molar-refractivity contribution in [2.45, 2.75) is 6.92 Å². The highest BCUT2D eigenvalue weighted by atomic mass is 127. The fourth-order valence-corrected chi connectivity index (χ4v) is 2.28. The van der Waals surface area contributed by atoms with Crippen LogP contribution in [0, 0.1) is 10.5 Å². The maximum Gasteiger partial charge on any atom is 0.337 e. The van der Waals surface area contributed by atoms with Gasteiger partial charge in [-0.15, -0.1) is 0 Å². The molecule has 4 heteroatoms. The van der Waals surface area contributed by atoms with Crippen LogP contribution in [0.25, 0.3) is 0 Å². The summed E-state index contributed by atoms with van der Waals surface area (Å²) in [6, 6.07) is 13.4. The summed E-state index contributed by atoms with van der Waals surface area (Å²) < 4.78 is 1.15. The number of hydrogen-bond acceptors (Lipinski definition) is 2. The van der Waals surface area contributed by atoms with E-state index >= 15 is 0 Å². The number of carboxylic acids is 1. The summed E-state index contributed by atoms with van der Waals surface area (Å²) in [4.78, 5) is 13.2. The molecule has 2 aromatic carbocycles. The number of anilines is 2. The highest BCUT2D eigenvalue weighted by molar-refractivity contribution is 14.1. The lowest BCUT2D eigenvalue weighted by Gasteiger charge is -2.21. The second-order valence-corrected chi connectivity index (χ2v) is 5.61. The third-order valence-corrected chi connectivity index (χ3v) is 3.68. The van der Waals surface area contributed by atoms with Crippen LogP contribution in [0.3, 0.4) is 0 Å². The van der Waals surface area contributed by atoms with Crippen LogP contribution in [-0.4, -0.2) is 18.1 Å². The van der Waals surface area contributed by atoms with Gasteiger partial charge < -0.3 is 10.0 Å². The van der Waals surface area contributed by atoms with E-state index in [1.807, 2.05) is 55.3 Å². The summed E-state index contributed by atoms with van der Waals surface area (Å²) in [7, 11) is 1.87. The highest BCUT2D eigenvalue weighted by Crippen LogP contribution is 2.28. The van der Waals surface area contributed by atoms with Gasteiger partial charge in [0, 0.05) is 16.3 Å². The Morgan fingerprint density at radius 2 is 1.79 bits per heavy atom. The predicted octanol–water partition coefficient (Wildman–Crippen LogP) is 4.07. The molecule has 1 N–H and O–H groups in total. The molecule has 0 spiro atoms. The second-order valence-electron chi connectivity index (χ2n) is 4.36. The van der Waals surface area contributed by atoms with E-state index in [1.54, 1.807) is 6.07 Å². The van der Waals surface area contributed by atoms with E-state index in [9.17, 15) is 9.90 Å². The Morgan fingerprint density at radius 1 is 1.16 bits per heavy atom. The van der Waals surface area contributed by atoms with E-state index in [0.717, 1.165) is 14.8 Å². The monoisotopic (exact) mass is 367 g/mol. The molecule has 0 aliphatic heterocycles. The Balaban J connectivity index is 2.46. The third kappa shape index (κ3) is 3.07. The minimum atomic E-state index is -0.906. The van der Waals surface area contributed by atoms with Gasteiger partial charge in [0.15, 0.2) is 0 Å². The van der Waals surface area contributed by atoms with Gasteiger partial charge in [-0.25, -0.2) is 4.79 Å². The molecule has 0 saturated heterocycles. The van der Waals surface area contributed by atoms with Crippen molar-refractivity contribution >= 4 is 39.9 Å². The lowest BCUT2D eigenvalue weighted by atomic mass is 10.1. The molecule has 19 heavy (non-hydrogen) atoms. The van der Waals surface area contributed by atoms with Gasteiger partial charge in [-0.2, -0.15) is 0 Å². The van der Waals surface area contributed by atoms with Crippen molar-refractivity contribution < 1.29 is 9.90 Å². The number of hydrogen-bond donors (Lipinski definition) is 1. The molecule has 0 unspecified atom stereocenters. The van der Waals surface area contributed by atoms with Crippen LogP contribution in [0.2, 0.25) is 0 Å². The first-order valence-corrected chi connectivity index (χ1v) is 6.90. The average Bonchev–Trinajstić information content (AvgIpc) is 2.38. The van der Waals surface area contributed by atoms with Gasteiger partial charge in [0.25, 0.3) is 0 Å². The molecule has 2 rings (SSSR count). The summed E-state index contributed by atoms with van der Waals surface area (Å²) in [6.45, 7) is 1.89. The van der Waals surface area contributed by atoms with Crippen LogP contribution in [0.4, 0.5) is 11.4 Å². The van der Waals surface area contributed by atoms with E-state index in [1.165, 1.54) is 0 Å². The van der Waals surface area contributed by atoms with Crippen molar-refractivity contribution in [3.63, 3.8) is 0 Å². The number of aromatic carboxylic acids is 1. The molecule has 2 aromatic rings. The van der Waals surface area contributed by atoms with Crippen LogP contribution in [0.15, 0.2) is 42.5 Å². The number of nitrogens with zero attached hydrogens (tertiary/aromatic N) is 1. The molecule has 0 aliphatic carbocycles. The largest absolute Gasteiger partial charge is 0.478 e. The first kappa shape index (κ1) is 13.9. The van der Waals surface area contributed by atoms with Crippen molar-refractivity contribution in [1.82, 2.24) is 0 Å². The fraction of sp³-hybridized carbons (Fsp3) is 0.133. The summed E-state index contributed by atoms with van der Waals surface area (Å²) in [5.41, 5.74) is 2.92. The Bertz CT molecular complexity index is 608. The Labute approximate surface area is 126 Å². The molecular weight excluding hydrogens is 353 g/mol. The van der Waals surface area contributed by atoms with E-state index in [4.69, 9.17) is 0 Å². The Morgan fingerprint density at radius 3 is 2.37 bits per heavy atom. The van der Waals surface area contributed by atoms with E-state index < -0.39 is 5.97 Å². The number of rotatable bonds is 3. The molecule has 0 heterocycles. The maximum atomic E-state index is 11.3. The molecule has 0 saturated carbocycles. The lowest BCUT2D eigenvalue weighted by Crippen LogP contribution is -2.14. The van der Waals surface area contributed by atoms with E-state index in [0.29, 0.717) is 11.3 Å². The minimum absolute atomic E-state index is 0.320. The van der Waals surface area contributed by atoms with Gasteiger partial charge in [0.2, 0.25) is 0 Å². The summed E-state index contributed by atoms with van der Waals surface area (Å²) >= 11 is 2.24. The van der Waals surface area contributed by atoms with Crippen molar-refractivity contribution in [1.29, 1.82) is 0 Å². The molecule has 98 valence electrons. The summed E-state index contributed by atoms with van der Waals surface area (Å²) in [6.07, 6.45) is 0. The van der Waals surface area contributed by atoms with Crippen molar-refractivity contribution in [2.24, 2.45) is 0 Å². The topological polar surface area (TPSA) is 40.5 Å². The van der Waals surface area contributed by atoms with Crippen LogP contribution < -0.4 is 4.90 Å². The third-order valence-electron chi connectivity index (χ3n) is 2.96. The van der Waals surface area contributed by atoms with Gasteiger partial charge >= 0.3 is 5.97 Å². The SMILES string of the molecule is Cc1ccc(N(C)c2ccc(I)cc2)c(C(=O)O)c1. The Hall–Kier alpha value is -1.56. The number of benzene rings is 2. The highest BCUT2D eigenvalue weighted by Gasteiger charge is 2.14.